The van der Waals surface area contributed by atoms with Crippen molar-refractivity contribution in [3.8, 4) is 17.2 Å². The lowest BCUT2D eigenvalue weighted by molar-refractivity contribution is 0.0526. The van der Waals surface area contributed by atoms with Gasteiger partial charge in [-0.05, 0) is 42.8 Å². The topological polar surface area (TPSA) is 76.1 Å². The molecule has 0 aliphatic rings. The summed E-state index contributed by atoms with van der Waals surface area (Å²) in [7, 11) is 0. The zero-order valence-electron chi connectivity index (χ0n) is 11.1. The van der Waals surface area contributed by atoms with E-state index in [4.69, 9.17) is 15.7 Å². The highest BCUT2D eigenvalue weighted by Crippen LogP contribution is 2.27. The number of nitrogen functional groups attached to an aromatic ring is 1. The van der Waals surface area contributed by atoms with Crippen molar-refractivity contribution >= 4 is 11.7 Å². The van der Waals surface area contributed by atoms with Gasteiger partial charge < -0.3 is 10.5 Å². The number of rotatable bonds is 3. The van der Waals surface area contributed by atoms with Crippen LogP contribution in [0.4, 0.5) is 5.69 Å². The van der Waals surface area contributed by atoms with Crippen molar-refractivity contribution in [2.45, 2.75) is 6.92 Å². The molecule has 0 unspecified atom stereocenters. The van der Waals surface area contributed by atoms with Gasteiger partial charge in [0.2, 0.25) is 0 Å². The molecule has 2 aromatic rings. The van der Waals surface area contributed by atoms with Crippen LogP contribution >= 0.6 is 0 Å². The number of hydrogen-bond acceptors (Lipinski definition) is 4. The first-order valence-electron chi connectivity index (χ1n) is 6.23. The van der Waals surface area contributed by atoms with Gasteiger partial charge in [-0.1, -0.05) is 12.1 Å². The van der Waals surface area contributed by atoms with E-state index in [9.17, 15) is 4.79 Å². The number of carbonyl (C=O) groups is 1. The molecule has 0 atom stereocenters. The largest absolute Gasteiger partial charge is 0.462 e. The molecule has 4 heteroatoms. The lowest BCUT2D eigenvalue weighted by Crippen LogP contribution is -2.05. The summed E-state index contributed by atoms with van der Waals surface area (Å²) in [5, 5.41) is 8.79. The van der Waals surface area contributed by atoms with Gasteiger partial charge in [-0.2, -0.15) is 5.26 Å². The first-order chi connectivity index (χ1) is 9.65. The number of carbonyl (C=O) groups excluding carboxylic acids is 1. The fourth-order valence-corrected chi connectivity index (χ4v) is 1.87. The number of anilines is 1. The number of nitrogens with zero attached hydrogens (tertiary/aromatic N) is 1. The summed E-state index contributed by atoms with van der Waals surface area (Å²) in [5.41, 5.74) is 9.16. The molecule has 20 heavy (non-hydrogen) atoms. The minimum Gasteiger partial charge on any atom is -0.462 e. The van der Waals surface area contributed by atoms with E-state index in [0.717, 1.165) is 11.1 Å². The molecule has 2 N–H and O–H groups in total. The van der Waals surface area contributed by atoms with Gasteiger partial charge in [0.05, 0.1) is 23.8 Å². The third kappa shape index (κ3) is 2.78. The SMILES string of the molecule is CCOC(=O)c1ccc(N)c(-c2ccc(C#N)cc2)c1. The Morgan fingerprint density at radius 1 is 1.25 bits per heavy atom. The van der Waals surface area contributed by atoms with Gasteiger partial charge in [-0.3, -0.25) is 0 Å². The molecule has 0 aliphatic heterocycles. The fraction of sp³-hybridized carbons (Fsp3) is 0.125. The van der Waals surface area contributed by atoms with Crippen molar-refractivity contribution in [3.05, 3.63) is 53.6 Å². The summed E-state index contributed by atoms with van der Waals surface area (Å²) in [5.74, 6) is -0.373. The predicted octanol–water partition coefficient (Wildman–Crippen LogP) is 2.98. The first-order valence-corrected chi connectivity index (χ1v) is 6.23. The van der Waals surface area contributed by atoms with Gasteiger partial charge >= 0.3 is 5.97 Å². The standard InChI is InChI=1S/C16H14N2O2/c1-2-20-16(19)13-7-8-15(18)14(9-13)12-5-3-11(10-17)4-6-12/h3-9H,2,18H2,1H3. The van der Waals surface area contributed by atoms with E-state index < -0.39 is 0 Å². The van der Waals surface area contributed by atoms with Gasteiger partial charge in [-0.15, -0.1) is 0 Å². The monoisotopic (exact) mass is 266 g/mol. The third-order valence-corrected chi connectivity index (χ3v) is 2.89. The van der Waals surface area contributed by atoms with Crippen molar-refractivity contribution in [1.82, 2.24) is 0 Å². The summed E-state index contributed by atoms with van der Waals surface area (Å²) >= 11 is 0. The van der Waals surface area contributed by atoms with E-state index in [2.05, 4.69) is 6.07 Å². The minimum absolute atomic E-state index is 0.329. The molecule has 2 aromatic carbocycles. The van der Waals surface area contributed by atoms with E-state index in [-0.39, 0.29) is 5.97 Å². The Hall–Kier alpha value is -2.80. The number of ether oxygens (including phenoxy) is 1. The molecule has 0 spiro atoms. The first kappa shape index (κ1) is 13.6. The van der Waals surface area contributed by atoms with Gasteiger partial charge in [0.1, 0.15) is 0 Å². The van der Waals surface area contributed by atoms with E-state index in [0.29, 0.717) is 23.4 Å². The molecule has 0 aliphatic carbocycles. The van der Waals surface area contributed by atoms with Crippen LogP contribution in [-0.2, 0) is 4.74 Å². The molecule has 0 radical (unpaired) electrons. The van der Waals surface area contributed by atoms with Crippen LogP contribution in [0.2, 0.25) is 0 Å². The molecule has 0 amide bonds. The highest BCUT2D eigenvalue weighted by atomic mass is 16.5. The van der Waals surface area contributed by atoms with Gasteiger partial charge in [0.15, 0.2) is 0 Å². The van der Waals surface area contributed by atoms with Crippen LogP contribution in [0.15, 0.2) is 42.5 Å². The lowest BCUT2D eigenvalue weighted by atomic mass is 10.00. The molecule has 0 fully saturated rings. The fourth-order valence-electron chi connectivity index (χ4n) is 1.87. The minimum atomic E-state index is -0.373. The highest BCUT2D eigenvalue weighted by molar-refractivity contribution is 5.93. The number of nitrogens with two attached hydrogens (primary N) is 1. The van der Waals surface area contributed by atoms with Crippen molar-refractivity contribution in [1.29, 1.82) is 5.26 Å². The Morgan fingerprint density at radius 2 is 1.95 bits per heavy atom. The van der Waals surface area contributed by atoms with Crippen LogP contribution in [-0.4, -0.2) is 12.6 Å². The van der Waals surface area contributed by atoms with Crippen LogP contribution in [0.25, 0.3) is 11.1 Å². The second-order valence-electron chi connectivity index (χ2n) is 4.21. The number of nitriles is 1. The van der Waals surface area contributed by atoms with Gasteiger partial charge in [0, 0.05) is 11.3 Å². The van der Waals surface area contributed by atoms with Crippen molar-refractivity contribution in [3.63, 3.8) is 0 Å². The second kappa shape index (κ2) is 5.89. The van der Waals surface area contributed by atoms with Crippen LogP contribution in [0.3, 0.4) is 0 Å². The summed E-state index contributed by atoms with van der Waals surface area (Å²) in [6.07, 6.45) is 0. The van der Waals surface area contributed by atoms with E-state index >= 15 is 0 Å². The number of esters is 1. The Bertz CT molecular complexity index is 670. The van der Waals surface area contributed by atoms with Crippen molar-refractivity contribution in [2.24, 2.45) is 0 Å². The summed E-state index contributed by atoms with van der Waals surface area (Å²) in [6.45, 7) is 2.09. The van der Waals surface area contributed by atoms with E-state index in [1.54, 1.807) is 49.4 Å². The average Bonchev–Trinajstić information content (AvgIpc) is 2.48. The Balaban J connectivity index is 2.42. The zero-order chi connectivity index (χ0) is 14.5. The van der Waals surface area contributed by atoms with Crippen molar-refractivity contribution < 1.29 is 9.53 Å². The maximum Gasteiger partial charge on any atom is 0.338 e. The Labute approximate surface area is 117 Å². The van der Waals surface area contributed by atoms with E-state index in [1.165, 1.54) is 0 Å². The van der Waals surface area contributed by atoms with Crippen LogP contribution in [0, 0.1) is 11.3 Å². The average molecular weight is 266 g/mol. The molecule has 0 heterocycles. The molecule has 0 bridgehead atoms. The van der Waals surface area contributed by atoms with Gasteiger partial charge in [-0.25, -0.2) is 4.79 Å². The normalized spacial score (nSPS) is 9.80. The predicted molar refractivity (Wildman–Crippen MR) is 77.0 cm³/mol. The number of benzene rings is 2. The summed E-state index contributed by atoms with van der Waals surface area (Å²) < 4.78 is 4.97. The molecule has 0 aromatic heterocycles. The molecule has 4 nitrogen and oxygen atoms in total. The molecule has 0 saturated carbocycles. The lowest BCUT2D eigenvalue weighted by Gasteiger charge is -2.09. The third-order valence-electron chi connectivity index (χ3n) is 2.89. The van der Waals surface area contributed by atoms with Gasteiger partial charge in [0.25, 0.3) is 0 Å². The summed E-state index contributed by atoms with van der Waals surface area (Å²) in [4.78, 5) is 11.7. The molecule has 0 saturated heterocycles. The maximum atomic E-state index is 11.7. The quantitative estimate of drug-likeness (QED) is 0.684. The van der Waals surface area contributed by atoms with Crippen LogP contribution in [0.5, 0.6) is 0 Å². The molecule has 2 rings (SSSR count). The Morgan fingerprint density at radius 3 is 2.55 bits per heavy atom. The van der Waals surface area contributed by atoms with Crippen LogP contribution < -0.4 is 5.73 Å². The highest BCUT2D eigenvalue weighted by Gasteiger charge is 2.10. The molecular formula is C16H14N2O2. The Kier molecular flexibility index (Phi) is 4.02. The summed E-state index contributed by atoms with van der Waals surface area (Å²) in [6, 6.07) is 14.1. The van der Waals surface area contributed by atoms with Crippen LogP contribution in [0.1, 0.15) is 22.8 Å². The zero-order valence-corrected chi connectivity index (χ0v) is 11.1. The molecule has 100 valence electrons. The maximum absolute atomic E-state index is 11.7. The smallest absolute Gasteiger partial charge is 0.338 e. The van der Waals surface area contributed by atoms with Crippen molar-refractivity contribution in [2.75, 3.05) is 12.3 Å². The molecular weight excluding hydrogens is 252 g/mol. The number of hydrogen-bond donors (Lipinski definition) is 1. The second-order valence-corrected chi connectivity index (χ2v) is 4.21. The van der Waals surface area contributed by atoms with E-state index in [1.807, 2.05) is 0 Å².